The lowest BCUT2D eigenvalue weighted by atomic mass is 9.87. The minimum absolute atomic E-state index is 0.155. The fraction of sp³-hybridized carbons (Fsp3) is 0.435. The van der Waals surface area contributed by atoms with Crippen molar-refractivity contribution in [2.24, 2.45) is 5.92 Å². The average Bonchev–Trinajstić information content (AvgIpc) is 2.96. The van der Waals surface area contributed by atoms with Crippen LogP contribution in [0, 0.1) is 5.92 Å². The van der Waals surface area contributed by atoms with Crippen molar-refractivity contribution >= 4 is 29.2 Å². The number of fused-ring (bicyclic) bond motifs is 2. The van der Waals surface area contributed by atoms with Crippen LogP contribution in [0.5, 0.6) is 0 Å². The summed E-state index contributed by atoms with van der Waals surface area (Å²) in [6.45, 7) is 0. The summed E-state index contributed by atoms with van der Waals surface area (Å²) in [5.74, 6) is -0.496. The first-order valence-electron chi connectivity index (χ1n) is 9.94. The van der Waals surface area contributed by atoms with E-state index in [1.165, 1.54) is 7.11 Å². The molecule has 2 bridgehead atoms. The Hall–Kier alpha value is -1.59. The predicted octanol–water partition coefficient (Wildman–Crippen LogP) is 5.12. The molecule has 2 aromatic carbocycles. The summed E-state index contributed by atoms with van der Waals surface area (Å²) in [6.07, 6.45) is 2.36. The largest absolute Gasteiger partial charge is 0.469 e. The number of carbonyl (C=O) groups excluding carboxylic acids is 1. The Morgan fingerprint density at radius 1 is 1.00 bits per heavy atom. The van der Waals surface area contributed by atoms with Gasteiger partial charge in [-0.15, -0.1) is 0 Å². The summed E-state index contributed by atoms with van der Waals surface area (Å²) >= 11 is 12.2. The molecule has 0 spiro atoms. The third-order valence-corrected chi connectivity index (χ3v) is 6.85. The molecule has 29 heavy (non-hydrogen) atoms. The van der Waals surface area contributed by atoms with E-state index in [9.17, 15) is 4.79 Å². The molecule has 0 unspecified atom stereocenters. The maximum absolute atomic E-state index is 12.7. The summed E-state index contributed by atoms with van der Waals surface area (Å²) in [7, 11) is 3.56. The van der Waals surface area contributed by atoms with E-state index in [0.29, 0.717) is 16.1 Å². The van der Waals surface area contributed by atoms with Gasteiger partial charge in [-0.25, -0.2) is 0 Å². The molecule has 2 aliphatic rings. The van der Waals surface area contributed by atoms with Crippen molar-refractivity contribution in [2.45, 2.75) is 43.6 Å². The van der Waals surface area contributed by atoms with Crippen LogP contribution in [0.3, 0.4) is 0 Å². The number of piperidine rings is 1. The molecule has 4 rings (SSSR count). The van der Waals surface area contributed by atoms with Crippen molar-refractivity contribution in [3.05, 3.63) is 69.7 Å². The first-order valence-corrected chi connectivity index (χ1v) is 10.7. The zero-order valence-corrected chi connectivity index (χ0v) is 18.1. The number of rotatable bonds is 5. The van der Waals surface area contributed by atoms with E-state index in [0.717, 1.165) is 30.4 Å². The first-order chi connectivity index (χ1) is 14.0. The zero-order chi connectivity index (χ0) is 20.5. The monoisotopic (exact) mass is 433 g/mol. The number of esters is 1. The van der Waals surface area contributed by atoms with E-state index < -0.39 is 0 Å². The van der Waals surface area contributed by atoms with Crippen LogP contribution < -0.4 is 0 Å². The Bertz CT molecular complexity index is 810. The van der Waals surface area contributed by atoms with E-state index in [1.807, 2.05) is 48.5 Å². The Kier molecular flexibility index (Phi) is 6.16. The van der Waals surface area contributed by atoms with Gasteiger partial charge in [0.2, 0.25) is 0 Å². The lowest BCUT2D eigenvalue weighted by molar-refractivity contribution is -0.162. The van der Waals surface area contributed by atoms with Crippen LogP contribution in [0.25, 0.3) is 0 Å². The molecule has 0 N–H and O–H groups in total. The van der Waals surface area contributed by atoms with Crippen molar-refractivity contribution in [2.75, 3.05) is 14.2 Å². The van der Waals surface area contributed by atoms with Gasteiger partial charge in [0.05, 0.1) is 19.1 Å². The third kappa shape index (κ3) is 4.17. The van der Waals surface area contributed by atoms with Crippen LogP contribution in [0.2, 0.25) is 10.0 Å². The number of carbonyl (C=O) groups is 1. The first kappa shape index (κ1) is 20.7. The molecule has 0 radical (unpaired) electrons. The third-order valence-electron chi connectivity index (χ3n) is 6.34. The van der Waals surface area contributed by atoms with Crippen LogP contribution in [0.1, 0.15) is 36.5 Å². The SMILES string of the molecule is COC(=O)[C@H]1[C@@H](OC(c2ccc(Cl)cc2)c2ccc(Cl)cc2)C[C@H]2CC[C@@H]1N2C. The molecule has 2 aliphatic heterocycles. The highest BCUT2D eigenvalue weighted by Crippen LogP contribution is 2.42. The maximum Gasteiger partial charge on any atom is 0.312 e. The molecular weight excluding hydrogens is 409 g/mol. The molecule has 2 saturated heterocycles. The van der Waals surface area contributed by atoms with E-state index >= 15 is 0 Å². The number of hydrogen-bond acceptors (Lipinski definition) is 4. The summed E-state index contributed by atoms with van der Waals surface area (Å²) < 4.78 is 11.9. The lowest BCUT2D eigenvalue weighted by Gasteiger charge is -2.42. The molecule has 2 fully saturated rings. The molecule has 0 aliphatic carbocycles. The Morgan fingerprint density at radius 2 is 1.55 bits per heavy atom. The Balaban J connectivity index is 1.68. The molecule has 0 amide bonds. The quantitative estimate of drug-likeness (QED) is 0.613. The fourth-order valence-electron chi connectivity index (χ4n) is 4.81. The highest BCUT2D eigenvalue weighted by atomic mass is 35.5. The van der Waals surface area contributed by atoms with Gasteiger partial charge in [0.15, 0.2) is 0 Å². The number of nitrogens with zero attached hydrogens (tertiary/aromatic N) is 1. The number of ether oxygens (including phenoxy) is 2. The normalized spacial score (nSPS) is 26.7. The van der Waals surface area contributed by atoms with Gasteiger partial charge >= 0.3 is 5.97 Å². The summed E-state index contributed by atoms with van der Waals surface area (Å²) in [5, 5.41) is 1.35. The lowest BCUT2D eigenvalue weighted by Crippen LogP contribution is -2.53. The highest BCUT2D eigenvalue weighted by molar-refractivity contribution is 6.30. The van der Waals surface area contributed by atoms with Gasteiger partial charge in [-0.2, -0.15) is 0 Å². The van der Waals surface area contributed by atoms with Gasteiger partial charge in [0.1, 0.15) is 6.10 Å². The van der Waals surface area contributed by atoms with Crippen LogP contribution in [-0.2, 0) is 14.3 Å². The van der Waals surface area contributed by atoms with Gasteiger partial charge in [-0.05, 0) is 61.7 Å². The molecule has 6 heteroatoms. The summed E-state index contributed by atoms with van der Waals surface area (Å²) in [6, 6.07) is 15.9. The van der Waals surface area contributed by atoms with E-state index in [1.54, 1.807) is 0 Å². The summed E-state index contributed by atoms with van der Waals surface area (Å²) in [5.41, 5.74) is 1.98. The van der Waals surface area contributed by atoms with E-state index in [-0.39, 0.29) is 30.1 Å². The van der Waals surface area contributed by atoms with Crippen molar-refractivity contribution in [3.8, 4) is 0 Å². The van der Waals surface area contributed by atoms with Crippen LogP contribution in [-0.4, -0.2) is 43.2 Å². The number of benzene rings is 2. The maximum atomic E-state index is 12.7. The second-order valence-corrected chi connectivity index (χ2v) is 8.78. The minimum Gasteiger partial charge on any atom is -0.469 e. The molecular formula is C23H25Cl2NO3. The van der Waals surface area contributed by atoms with Gasteiger partial charge in [0.25, 0.3) is 0 Å². The second kappa shape index (κ2) is 8.65. The number of halogens is 2. The molecule has 2 aromatic rings. The average molecular weight is 434 g/mol. The minimum atomic E-state index is -0.315. The molecule has 0 saturated carbocycles. The van der Waals surface area contributed by atoms with Crippen LogP contribution >= 0.6 is 23.2 Å². The van der Waals surface area contributed by atoms with Crippen molar-refractivity contribution in [1.29, 1.82) is 0 Å². The fourth-order valence-corrected chi connectivity index (χ4v) is 5.06. The summed E-state index contributed by atoms with van der Waals surface area (Å²) in [4.78, 5) is 15.0. The Labute approximate surface area is 181 Å². The van der Waals surface area contributed by atoms with Crippen LogP contribution in [0.4, 0.5) is 0 Å². The van der Waals surface area contributed by atoms with E-state index in [4.69, 9.17) is 32.7 Å². The standard InChI is InChI=1S/C23H25Cl2NO3/c1-26-18-11-12-19(26)21(23(27)28-2)20(13-18)29-22(14-3-7-16(24)8-4-14)15-5-9-17(25)10-6-15/h3-10,18-22H,11-13H2,1-2H3/t18-,19+,20+,21-/m1/s1. The predicted molar refractivity (Wildman–Crippen MR) is 114 cm³/mol. The van der Waals surface area contributed by atoms with Crippen LogP contribution in [0.15, 0.2) is 48.5 Å². The second-order valence-electron chi connectivity index (χ2n) is 7.91. The number of hydrogen-bond donors (Lipinski definition) is 0. The van der Waals surface area contributed by atoms with Crippen molar-refractivity contribution in [1.82, 2.24) is 4.90 Å². The zero-order valence-electron chi connectivity index (χ0n) is 16.6. The highest BCUT2D eigenvalue weighted by Gasteiger charge is 2.50. The van der Waals surface area contributed by atoms with Crippen molar-refractivity contribution < 1.29 is 14.3 Å². The molecule has 2 heterocycles. The van der Waals surface area contributed by atoms with Gasteiger partial charge in [-0.1, -0.05) is 47.5 Å². The topological polar surface area (TPSA) is 38.8 Å². The van der Waals surface area contributed by atoms with Crippen molar-refractivity contribution in [3.63, 3.8) is 0 Å². The molecule has 4 atom stereocenters. The smallest absolute Gasteiger partial charge is 0.312 e. The van der Waals surface area contributed by atoms with Gasteiger partial charge < -0.3 is 9.47 Å². The molecule has 0 aromatic heterocycles. The van der Waals surface area contributed by atoms with Gasteiger partial charge in [0, 0.05) is 22.1 Å². The number of methoxy groups -OCH3 is 1. The Morgan fingerprint density at radius 3 is 2.07 bits per heavy atom. The molecule has 4 nitrogen and oxygen atoms in total. The van der Waals surface area contributed by atoms with E-state index in [2.05, 4.69) is 11.9 Å². The molecule has 154 valence electrons. The van der Waals surface area contributed by atoms with Gasteiger partial charge in [-0.3, -0.25) is 9.69 Å².